The van der Waals surface area contributed by atoms with E-state index in [-0.39, 0.29) is 17.1 Å². The number of benzene rings is 1. The first kappa shape index (κ1) is 25.6. The molecule has 0 aliphatic heterocycles. The molecule has 0 aliphatic rings. The molecule has 6 nitrogen and oxygen atoms in total. The molecule has 1 aromatic rings. The highest BCUT2D eigenvalue weighted by Gasteiger charge is 2.17. The highest BCUT2D eigenvalue weighted by Crippen LogP contribution is 2.22. The maximum Gasteiger partial charge on any atom is 0.335 e. The summed E-state index contributed by atoms with van der Waals surface area (Å²) in [6.07, 6.45) is 6.20. The van der Waals surface area contributed by atoms with Crippen LogP contribution in [0.25, 0.3) is 0 Å². The average molecular weight is 428 g/mol. The molecule has 1 unspecified atom stereocenters. The van der Waals surface area contributed by atoms with Gasteiger partial charge in [0.15, 0.2) is 0 Å². The van der Waals surface area contributed by atoms with E-state index in [0.717, 1.165) is 24.8 Å². The molecule has 7 heteroatoms. The minimum atomic E-state index is -3.30. The van der Waals surface area contributed by atoms with E-state index < -0.39 is 16.0 Å². The molecule has 0 heterocycles. The normalized spacial score (nSPS) is 13.6. The fourth-order valence-electron chi connectivity index (χ4n) is 3.23. The van der Waals surface area contributed by atoms with Crippen molar-refractivity contribution in [2.75, 3.05) is 19.3 Å². The lowest BCUT2D eigenvalue weighted by Gasteiger charge is -2.21. The van der Waals surface area contributed by atoms with E-state index >= 15 is 0 Å². The van der Waals surface area contributed by atoms with Gasteiger partial charge in [-0.25, -0.2) is 17.5 Å². The van der Waals surface area contributed by atoms with Crippen molar-refractivity contribution >= 4 is 16.0 Å². The van der Waals surface area contributed by atoms with E-state index in [0.29, 0.717) is 38.8 Å². The maximum absolute atomic E-state index is 12.0. The van der Waals surface area contributed by atoms with Crippen LogP contribution >= 0.6 is 0 Å². The van der Waals surface area contributed by atoms with Gasteiger partial charge in [0.2, 0.25) is 10.0 Å². The SMILES string of the molecule is CC(C)(C)CCCC(O)CCCN(CCCc1ccc(C(=O)O)cc1)S(C)(=O)=O. The van der Waals surface area contributed by atoms with E-state index in [1.54, 1.807) is 24.3 Å². The van der Waals surface area contributed by atoms with Crippen LogP contribution in [0.1, 0.15) is 75.2 Å². The Bertz CT molecular complexity index is 723. The molecular formula is C22H37NO5S. The molecule has 0 saturated heterocycles. The van der Waals surface area contributed by atoms with Gasteiger partial charge in [-0.3, -0.25) is 0 Å². The number of carboxylic acid groups (broad SMARTS) is 1. The van der Waals surface area contributed by atoms with Crippen LogP contribution < -0.4 is 0 Å². The Morgan fingerprint density at radius 2 is 1.59 bits per heavy atom. The fraction of sp³-hybridized carbons (Fsp3) is 0.682. The first-order valence-corrected chi connectivity index (χ1v) is 12.2. The van der Waals surface area contributed by atoms with Gasteiger partial charge >= 0.3 is 5.97 Å². The summed E-state index contributed by atoms with van der Waals surface area (Å²) in [5.74, 6) is -0.958. The van der Waals surface area contributed by atoms with Gasteiger partial charge in [-0.2, -0.15) is 0 Å². The lowest BCUT2D eigenvalue weighted by atomic mass is 9.89. The number of hydrogen-bond acceptors (Lipinski definition) is 4. The van der Waals surface area contributed by atoms with E-state index in [9.17, 15) is 18.3 Å². The topological polar surface area (TPSA) is 94.9 Å². The fourth-order valence-corrected chi connectivity index (χ4v) is 4.15. The number of carbonyl (C=O) groups is 1. The third-order valence-corrected chi connectivity index (χ3v) is 6.26. The third-order valence-electron chi connectivity index (χ3n) is 4.95. The smallest absolute Gasteiger partial charge is 0.335 e. The molecule has 29 heavy (non-hydrogen) atoms. The number of aryl methyl sites for hydroxylation is 1. The van der Waals surface area contributed by atoms with Gasteiger partial charge in [0.25, 0.3) is 0 Å². The van der Waals surface area contributed by atoms with E-state index in [1.807, 2.05) is 0 Å². The molecule has 2 N–H and O–H groups in total. The van der Waals surface area contributed by atoms with Gasteiger partial charge in [-0.15, -0.1) is 0 Å². The molecule has 0 saturated carbocycles. The molecule has 0 fully saturated rings. The number of carboxylic acids is 1. The summed E-state index contributed by atoms with van der Waals surface area (Å²) in [6.45, 7) is 7.38. The maximum atomic E-state index is 12.0. The second-order valence-electron chi connectivity index (χ2n) is 9.02. The Morgan fingerprint density at radius 1 is 1.03 bits per heavy atom. The summed E-state index contributed by atoms with van der Waals surface area (Å²) in [6, 6.07) is 6.66. The van der Waals surface area contributed by atoms with Crippen molar-refractivity contribution in [1.82, 2.24) is 4.31 Å². The minimum Gasteiger partial charge on any atom is -0.478 e. The third kappa shape index (κ3) is 11.4. The van der Waals surface area contributed by atoms with Crippen LogP contribution in [-0.2, 0) is 16.4 Å². The van der Waals surface area contributed by atoms with E-state index in [2.05, 4.69) is 20.8 Å². The average Bonchev–Trinajstić information content (AvgIpc) is 2.58. The van der Waals surface area contributed by atoms with Crippen LogP contribution in [0.2, 0.25) is 0 Å². The second kappa shape index (κ2) is 11.7. The zero-order chi connectivity index (χ0) is 22.1. The van der Waals surface area contributed by atoms with Crippen LogP contribution in [0.4, 0.5) is 0 Å². The van der Waals surface area contributed by atoms with E-state index in [1.165, 1.54) is 10.6 Å². The highest BCUT2D eigenvalue weighted by atomic mass is 32.2. The molecular weight excluding hydrogens is 390 g/mol. The van der Waals surface area contributed by atoms with Gasteiger partial charge in [-0.1, -0.05) is 39.3 Å². The largest absolute Gasteiger partial charge is 0.478 e. The van der Waals surface area contributed by atoms with Gasteiger partial charge in [-0.05, 0) is 61.6 Å². The van der Waals surface area contributed by atoms with Gasteiger partial charge in [0, 0.05) is 13.1 Å². The number of sulfonamides is 1. The number of nitrogens with zero attached hydrogens (tertiary/aromatic N) is 1. The monoisotopic (exact) mass is 427 g/mol. The Morgan fingerprint density at radius 3 is 2.10 bits per heavy atom. The molecule has 0 radical (unpaired) electrons. The summed E-state index contributed by atoms with van der Waals surface area (Å²) < 4.78 is 25.6. The van der Waals surface area contributed by atoms with Gasteiger partial charge in [0.05, 0.1) is 17.9 Å². The van der Waals surface area contributed by atoms with Crippen LogP contribution in [0.15, 0.2) is 24.3 Å². The first-order chi connectivity index (χ1) is 13.4. The summed E-state index contributed by atoms with van der Waals surface area (Å²) in [5.41, 5.74) is 1.49. The predicted octanol–water partition coefficient (Wildman–Crippen LogP) is 3.94. The van der Waals surface area contributed by atoms with Crippen molar-refractivity contribution in [2.24, 2.45) is 5.41 Å². The number of hydrogen-bond donors (Lipinski definition) is 2. The number of aliphatic hydroxyl groups is 1. The number of aliphatic hydroxyl groups excluding tert-OH is 1. The molecule has 166 valence electrons. The molecule has 0 bridgehead atoms. The quantitative estimate of drug-likeness (QED) is 0.497. The molecule has 0 aromatic heterocycles. The van der Waals surface area contributed by atoms with Gasteiger partial charge in [0.1, 0.15) is 0 Å². The van der Waals surface area contributed by atoms with Crippen LogP contribution in [0.3, 0.4) is 0 Å². The standard InChI is InChI=1S/C22H37NO5S/c1-22(2,3)15-5-9-20(24)10-7-17-23(29(4,27)28)16-6-8-18-11-13-19(14-12-18)21(25)26/h11-14,20,24H,5-10,15-17H2,1-4H3,(H,25,26). The highest BCUT2D eigenvalue weighted by molar-refractivity contribution is 7.88. The summed E-state index contributed by atoms with van der Waals surface area (Å²) in [4.78, 5) is 10.9. The van der Waals surface area contributed by atoms with Crippen molar-refractivity contribution in [3.8, 4) is 0 Å². The summed E-state index contributed by atoms with van der Waals surface area (Å²) in [5, 5.41) is 19.1. The number of rotatable bonds is 13. The first-order valence-electron chi connectivity index (χ1n) is 10.3. The Kier molecular flexibility index (Phi) is 10.3. The Hall–Kier alpha value is -1.44. The van der Waals surface area contributed by atoms with Crippen LogP contribution in [0.5, 0.6) is 0 Å². The summed E-state index contributed by atoms with van der Waals surface area (Å²) >= 11 is 0. The van der Waals surface area contributed by atoms with Crippen molar-refractivity contribution in [3.05, 3.63) is 35.4 Å². The predicted molar refractivity (Wildman–Crippen MR) is 117 cm³/mol. The van der Waals surface area contributed by atoms with Crippen LogP contribution in [0, 0.1) is 5.41 Å². The number of aromatic carboxylic acids is 1. The van der Waals surface area contributed by atoms with Crippen molar-refractivity contribution < 1.29 is 23.4 Å². The van der Waals surface area contributed by atoms with Crippen molar-refractivity contribution in [2.45, 2.75) is 71.8 Å². The zero-order valence-corrected chi connectivity index (χ0v) is 19.0. The molecule has 0 spiro atoms. The molecule has 0 amide bonds. The summed E-state index contributed by atoms with van der Waals surface area (Å²) in [7, 11) is -3.30. The van der Waals surface area contributed by atoms with Crippen LogP contribution in [-0.4, -0.2) is 54.4 Å². The Balaban J connectivity index is 2.40. The van der Waals surface area contributed by atoms with E-state index in [4.69, 9.17) is 5.11 Å². The Labute approximate surface area is 176 Å². The molecule has 1 atom stereocenters. The van der Waals surface area contributed by atoms with Gasteiger partial charge < -0.3 is 10.2 Å². The molecule has 1 aromatic carbocycles. The zero-order valence-electron chi connectivity index (χ0n) is 18.2. The van der Waals surface area contributed by atoms with Crippen molar-refractivity contribution in [3.63, 3.8) is 0 Å². The lowest BCUT2D eigenvalue weighted by molar-refractivity contribution is 0.0697. The van der Waals surface area contributed by atoms with Crippen molar-refractivity contribution in [1.29, 1.82) is 0 Å². The molecule has 0 aliphatic carbocycles. The minimum absolute atomic E-state index is 0.243. The lowest BCUT2D eigenvalue weighted by Crippen LogP contribution is -2.32. The second-order valence-corrected chi connectivity index (χ2v) is 11.0. The molecule has 1 rings (SSSR count).